The maximum atomic E-state index is 4.65. The quantitative estimate of drug-likeness (QED) is 0.510. The Morgan fingerprint density at radius 3 is 2.68 bits per heavy atom. The van der Waals surface area contributed by atoms with Crippen LogP contribution in [-0.4, -0.2) is 33.3 Å². The maximum Gasteiger partial charge on any atom is 0.130 e. The monoisotopic (exact) mass is 409 g/mol. The minimum absolute atomic E-state index is 0.849. The van der Waals surface area contributed by atoms with Crippen LogP contribution in [0.2, 0.25) is 0 Å². The van der Waals surface area contributed by atoms with Crippen molar-refractivity contribution in [1.82, 2.24) is 19.7 Å². The number of nitrogens with one attached hydrogen (secondary N) is 1. The van der Waals surface area contributed by atoms with E-state index in [2.05, 4.69) is 82.8 Å². The minimum Gasteiger partial charge on any atom is -0.340 e. The predicted molar refractivity (Wildman–Crippen MR) is 128 cm³/mol. The highest BCUT2D eigenvalue weighted by Crippen LogP contribution is 2.27. The van der Waals surface area contributed by atoms with Crippen LogP contribution in [0.25, 0.3) is 27.6 Å². The van der Waals surface area contributed by atoms with Crippen molar-refractivity contribution in [3.8, 4) is 11.1 Å². The lowest BCUT2D eigenvalue weighted by molar-refractivity contribution is 0.313. The number of fused-ring (bicyclic) bond motifs is 2. The SMILES string of the molecule is C/C=C(/Nc1cc2cc(-c3cnn(C)c3)ccc2cn1)c1ccc2c(c1)CCN(C)C2. The summed E-state index contributed by atoms with van der Waals surface area (Å²) in [5, 5.41) is 10.1. The van der Waals surface area contributed by atoms with E-state index in [4.69, 9.17) is 0 Å². The fourth-order valence-corrected chi connectivity index (χ4v) is 4.27. The summed E-state index contributed by atoms with van der Waals surface area (Å²) in [6.07, 6.45) is 9.08. The van der Waals surface area contributed by atoms with Crippen LogP contribution in [0.4, 0.5) is 5.82 Å². The zero-order chi connectivity index (χ0) is 21.4. The van der Waals surface area contributed by atoms with Crippen LogP contribution in [0.15, 0.2) is 67.1 Å². The van der Waals surface area contributed by atoms with Crippen molar-refractivity contribution < 1.29 is 0 Å². The van der Waals surface area contributed by atoms with Gasteiger partial charge in [0.1, 0.15) is 5.82 Å². The summed E-state index contributed by atoms with van der Waals surface area (Å²) in [6, 6.07) is 15.4. The van der Waals surface area contributed by atoms with Crippen LogP contribution in [0.3, 0.4) is 0 Å². The summed E-state index contributed by atoms with van der Waals surface area (Å²) < 4.78 is 1.83. The molecule has 0 fully saturated rings. The number of anilines is 1. The number of hydrogen-bond acceptors (Lipinski definition) is 4. The van der Waals surface area contributed by atoms with Gasteiger partial charge in [-0.25, -0.2) is 4.98 Å². The maximum absolute atomic E-state index is 4.65. The van der Waals surface area contributed by atoms with E-state index in [1.54, 1.807) is 0 Å². The first-order chi connectivity index (χ1) is 15.1. The van der Waals surface area contributed by atoms with E-state index in [1.165, 1.54) is 16.7 Å². The number of aryl methyl sites for hydroxylation is 1. The Balaban J connectivity index is 1.43. The molecular formula is C26H27N5. The highest BCUT2D eigenvalue weighted by atomic mass is 15.2. The molecule has 0 bridgehead atoms. The molecule has 2 aromatic heterocycles. The van der Waals surface area contributed by atoms with E-state index in [0.29, 0.717) is 0 Å². The van der Waals surface area contributed by atoms with Gasteiger partial charge in [0.2, 0.25) is 0 Å². The summed E-state index contributed by atoms with van der Waals surface area (Å²) in [7, 11) is 4.12. The number of hydrogen-bond donors (Lipinski definition) is 1. The Morgan fingerprint density at radius 2 is 1.87 bits per heavy atom. The van der Waals surface area contributed by atoms with Gasteiger partial charge in [0.25, 0.3) is 0 Å². The Labute approximate surface area is 183 Å². The number of likely N-dealkylation sites (N-methyl/N-ethyl adjacent to an activating group) is 1. The lowest BCUT2D eigenvalue weighted by Crippen LogP contribution is -2.26. The van der Waals surface area contributed by atoms with Crippen molar-refractivity contribution in [3.05, 3.63) is 83.8 Å². The van der Waals surface area contributed by atoms with Gasteiger partial charge in [0, 0.05) is 49.2 Å². The molecule has 4 aromatic rings. The minimum atomic E-state index is 0.849. The van der Waals surface area contributed by atoms with Crippen LogP contribution < -0.4 is 5.32 Å². The van der Waals surface area contributed by atoms with Crippen LogP contribution in [0.5, 0.6) is 0 Å². The van der Waals surface area contributed by atoms with Gasteiger partial charge in [0.05, 0.1) is 6.20 Å². The van der Waals surface area contributed by atoms with E-state index < -0.39 is 0 Å². The summed E-state index contributed by atoms with van der Waals surface area (Å²) in [6.45, 7) is 4.21. The van der Waals surface area contributed by atoms with Gasteiger partial charge < -0.3 is 10.2 Å². The van der Waals surface area contributed by atoms with E-state index in [9.17, 15) is 0 Å². The first kappa shape index (κ1) is 19.5. The van der Waals surface area contributed by atoms with Gasteiger partial charge in [-0.15, -0.1) is 0 Å². The number of allylic oxidation sites excluding steroid dienone is 1. The number of rotatable bonds is 4. The topological polar surface area (TPSA) is 46.0 Å². The largest absolute Gasteiger partial charge is 0.340 e. The smallest absolute Gasteiger partial charge is 0.130 e. The van der Waals surface area contributed by atoms with Crippen molar-refractivity contribution >= 4 is 22.3 Å². The normalized spacial score (nSPS) is 14.6. The van der Waals surface area contributed by atoms with Crippen LogP contribution >= 0.6 is 0 Å². The molecule has 2 aromatic carbocycles. The fraction of sp³-hybridized carbons (Fsp3) is 0.231. The van der Waals surface area contributed by atoms with Gasteiger partial charge in [-0.1, -0.05) is 30.3 Å². The average molecular weight is 410 g/mol. The molecule has 3 heterocycles. The summed E-state index contributed by atoms with van der Waals surface area (Å²) in [4.78, 5) is 7.02. The molecule has 0 unspecified atom stereocenters. The molecule has 31 heavy (non-hydrogen) atoms. The van der Waals surface area contributed by atoms with Crippen molar-refractivity contribution in [3.63, 3.8) is 0 Å². The molecule has 0 aliphatic carbocycles. The zero-order valence-electron chi connectivity index (χ0n) is 18.3. The molecule has 0 radical (unpaired) electrons. The Morgan fingerprint density at radius 1 is 0.968 bits per heavy atom. The molecule has 5 heteroatoms. The van der Waals surface area contributed by atoms with E-state index >= 15 is 0 Å². The molecule has 0 amide bonds. The Kier molecular flexibility index (Phi) is 5.04. The molecular weight excluding hydrogens is 382 g/mol. The first-order valence-electron chi connectivity index (χ1n) is 10.7. The van der Waals surface area contributed by atoms with Gasteiger partial charge in [-0.05, 0) is 66.2 Å². The molecule has 156 valence electrons. The second kappa shape index (κ2) is 8.00. The summed E-state index contributed by atoms with van der Waals surface area (Å²) >= 11 is 0. The third-order valence-corrected chi connectivity index (χ3v) is 6.03. The van der Waals surface area contributed by atoms with Gasteiger partial charge in [0.15, 0.2) is 0 Å². The highest BCUT2D eigenvalue weighted by Gasteiger charge is 2.14. The van der Waals surface area contributed by atoms with Gasteiger partial charge >= 0.3 is 0 Å². The molecule has 0 spiro atoms. The van der Waals surface area contributed by atoms with Gasteiger partial charge in [-0.2, -0.15) is 5.10 Å². The molecule has 1 aliphatic rings. The van der Waals surface area contributed by atoms with E-state index in [0.717, 1.165) is 52.9 Å². The molecule has 0 saturated carbocycles. The molecule has 1 N–H and O–H groups in total. The van der Waals surface area contributed by atoms with Crippen molar-refractivity contribution in [2.75, 3.05) is 18.9 Å². The van der Waals surface area contributed by atoms with E-state index in [1.807, 2.05) is 30.3 Å². The van der Waals surface area contributed by atoms with E-state index in [-0.39, 0.29) is 0 Å². The lowest BCUT2D eigenvalue weighted by atomic mass is 9.96. The number of pyridine rings is 1. The molecule has 1 aliphatic heterocycles. The Hall–Kier alpha value is -3.44. The second-order valence-corrected chi connectivity index (χ2v) is 8.33. The number of benzene rings is 2. The molecule has 0 atom stereocenters. The van der Waals surface area contributed by atoms with Crippen molar-refractivity contribution in [2.45, 2.75) is 19.9 Å². The highest BCUT2D eigenvalue weighted by molar-refractivity contribution is 5.89. The zero-order valence-corrected chi connectivity index (χ0v) is 18.3. The van der Waals surface area contributed by atoms with Crippen LogP contribution in [0, 0.1) is 0 Å². The van der Waals surface area contributed by atoms with Crippen molar-refractivity contribution in [2.24, 2.45) is 7.05 Å². The average Bonchev–Trinajstić information content (AvgIpc) is 3.23. The van der Waals surface area contributed by atoms with Crippen molar-refractivity contribution in [1.29, 1.82) is 0 Å². The summed E-state index contributed by atoms with van der Waals surface area (Å²) in [5.41, 5.74) is 7.44. The molecule has 5 nitrogen and oxygen atoms in total. The van der Waals surface area contributed by atoms with Crippen LogP contribution in [-0.2, 0) is 20.0 Å². The van der Waals surface area contributed by atoms with Crippen LogP contribution in [0.1, 0.15) is 23.6 Å². The molecule has 0 saturated heterocycles. The second-order valence-electron chi connectivity index (χ2n) is 8.33. The molecule has 5 rings (SSSR count). The lowest BCUT2D eigenvalue weighted by Gasteiger charge is -2.25. The fourth-order valence-electron chi connectivity index (χ4n) is 4.27. The van der Waals surface area contributed by atoms with Gasteiger partial charge in [-0.3, -0.25) is 4.68 Å². The standard InChI is InChI=1S/C26H27N5/c1-4-25(20-6-8-22-16-30(2)10-9-19(22)11-20)29-26-13-23-12-18(5-7-21(23)14-27-26)24-15-28-31(3)17-24/h4-8,11-15,17H,9-10,16H2,1-3H3,(H,27,29)/b25-4+. The number of nitrogens with zero attached hydrogens (tertiary/aromatic N) is 4. The predicted octanol–water partition coefficient (Wildman–Crippen LogP) is 5.10. The first-order valence-corrected chi connectivity index (χ1v) is 10.7. The Bertz CT molecular complexity index is 1280. The summed E-state index contributed by atoms with van der Waals surface area (Å²) in [5.74, 6) is 0.849. The number of aromatic nitrogens is 3. The third-order valence-electron chi connectivity index (χ3n) is 6.03. The third kappa shape index (κ3) is 3.97.